The molecular formula is C43H47N7O5. The lowest BCUT2D eigenvalue weighted by atomic mass is 9.92. The van der Waals surface area contributed by atoms with Crippen molar-refractivity contribution in [2.24, 2.45) is 11.8 Å². The number of likely N-dealkylation sites (tertiary alicyclic amines) is 1. The Labute approximate surface area is 321 Å². The van der Waals surface area contributed by atoms with Gasteiger partial charge < -0.3 is 28.9 Å². The number of nitriles is 1. The SMILES string of the molecule is Cc1ccc(-c2c(C)noc2C)cc1N(CC1CCN(CC2CN(c3ccc4c(c3)ON(C3CCC(=O)NC3=O)O4)C2)CC1)c1ccc(C2(C#N)CC2)cc1. The average molecular weight is 742 g/mol. The normalized spacial score (nSPS) is 21.3. The average Bonchev–Trinajstić information content (AvgIpc) is 3.75. The van der Waals surface area contributed by atoms with E-state index in [1.807, 2.05) is 32.0 Å². The van der Waals surface area contributed by atoms with Crippen LogP contribution in [0.5, 0.6) is 11.5 Å². The summed E-state index contributed by atoms with van der Waals surface area (Å²) < 4.78 is 5.54. The van der Waals surface area contributed by atoms with E-state index in [4.69, 9.17) is 14.2 Å². The summed E-state index contributed by atoms with van der Waals surface area (Å²) in [6.07, 6.45) is 4.76. The highest BCUT2D eigenvalue weighted by Gasteiger charge is 2.45. The van der Waals surface area contributed by atoms with Crippen molar-refractivity contribution in [2.45, 2.75) is 70.8 Å². The first-order chi connectivity index (χ1) is 26.7. The molecule has 1 atom stereocenters. The van der Waals surface area contributed by atoms with E-state index in [2.05, 4.69) is 80.6 Å². The summed E-state index contributed by atoms with van der Waals surface area (Å²) in [7, 11) is 0. The Hall–Kier alpha value is -5.38. The van der Waals surface area contributed by atoms with E-state index in [1.54, 1.807) is 0 Å². The number of aryl methyl sites for hydroxylation is 3. The number of piperidine rings is 2. The van der Waals surface area contributed by atoms with Crippen molar-refractivity contribution in [1.82, 2.24) is 20.6 Å². The Balaban J connectivity index is 0.826. The Morgan fingerprint density at radius 2 is 1.69 bits per heavy atom. The fourth-order valence-corrected chi connectivity index (χ4v) is 8.78. The van der Waals surface area contributed by atoms with E-state index in [9.17, 15) is 14.9 Å². The van der Waals surface area contributed by atoms with Gasteiger partial charge in [0.15, 0.2) is 17.5 Å². The van der Waals surface area contributed by atoms with Crippen LogP contribution in [0.15, 0.2) is 65.2 Å². The highest BCUT2D eigenvalue weighted by Crippen LogP contribution is 2.48. The number of hydrogen-bond donors (Lipinski definition) is 1. The van der Waals surface area contributed by atoms with Gasteiger partial charge in [-0.15, -0.1) is 0 Å². The number of carbonyl (C=O) groups excluding carboxylic acids is 2. The smallest absolute Gasteiger partial charge is 0.251 e. The third kappa shape index (κ3) is 6.80. The molecule has 2 amide bonds. The van der Waals surface area contributed by atoms with Crippen LogP contribution in [0.3, 0.4) is 0 Å². The second kappa shape index (κ2) is 14.0. The summed E-state index contributed by atoms with van der Waals surface area (Å²) in [6.45, 7) is 12.3. The minimum atomic E-state index is -0.667. The number of rotatable bonds is 10. The fraction of sp³-hybridized carbons (Fsp3) is 0.442. The van der Waals surface area contributed by atoms with Gasteiger partial charge in [-0.1, -0.05) is 29.4 Å². The molecule has 12 heteroatoms. The Kier molecular flexibility index (Phi) is 9.02. The van der Waals surface area contributed by atoms with E-state index in [0.717, 1.165) is 104 Å². The molecule has 5 aliphatic rings. The molecule has 3 aromatic carbocycles. The molecular weight excluding hydrogens is 695 g/mol. The Morgan fingerprint density at radius 1 is 0.927 bits per heavy atom. The molecule has 1 aliphatic carbocycles. The summed E-state index contributed by atoms with van der Waals surface area (Å²) in [5.41, 5.74) is 8.51. The maximum absolute atomic E-state index is 12.3. The summed E-state index contributed by atoms with van der Waals surface area (Å²) in [6, 6.07) is 23.2. The van der Waals surface area contributed by atoms with Crippen LogP contribution in [0.1, 0.15) is 61.1 Å². The monoisotopic (exact) mass is 741 g/mol. The molecule has 55 heavy (non-hydrogen) atoms. The number of benzene rings is 3. The predicted molar refractivity (Wildman–Crippen MR) is 207 cm³/mol. The maximum atomic E-state index is 12.3. The van der Waals surface area contributed by atoms with Crippen molar-refractivity contribution in [3.05, 3.63) is 83.2 Å². The maximum Gasteiger partial charge on any atom is 0.251 e. The van der Waals surface area contributed by atoms with E-state index < -0.39 is 11.9 Å². The molecule has 4 aromatic rings. The quantitative estimate of drug-likeness (QED) is 0.179. The third-order valence-electron chi connectivity index (χ3n) is 12.3. The molecule has 4 aliphatic heterocycles. The van der Waals surface area contributed by atoms with Crippen LogP contribution < -0.4 is 24.8 Å². The number of anilines is 3. The highest BCUT2D eigenvalue weighted by atomic mass is 17.0. The first-order valence-corrected chi connectivity index (χ1v) is 19.6. The molecule has 284 valence electrons. The summed E-state index contributed by atoms with van der Waals surface area (Å²) in [5, 5.41) is 17.6. The summed E-state index contributed by atoms with van der Waals surface area (Å²) in [5.74, 6) is 2.43. The van der Waals surface area contributed by atoms with Crippen molar-refractivity contribution in [3.8, 4) is 28.7 Å². The molecule has 1 unspecified atom stereocenters. The second-order valence-electron chi connectivity index (χ2n) is 16.1. The van der Waals surface area contributed by atoms with Crippen molar-refractivity contribution >= 4 is 28.9 Å². The molecule has 9 rings (SSSR count). The van der Waals surface area contributed by atoms with Gasteiger partial charge in [-0.25, -0.2) is 0 Å². The van der Waals surface area contributed by atoms with Crippen LogP contribution in [-0.4, -0.2) is 72.4 Å². The van der Waals surface area contributed by atoms with Gasteiger partial charge in [-0.05, 0) is 119 Å². The lowest BCUT2D eigenvalue weighted by Crippen LogP contribution is -2.53. The number of imide groups is 1. The number of nitrogens with zero attached hydrogens (tertiary/aromatic N) is 6. The molecule has 1 aromatic heterocycles. The van der Waals surface area contributed by atoms with Gasteiger partial charge in [-0.2, -0.15) is 5.26 Å². The first kappa shape index (κ1) is 35.3. The molecule has 0 radical (unpaired) electrons. The molecule has 4 fully saturated rings. The van der Waals surface area contributed by atoms with Gasteiger partial charge in [0, 0.05) is 72.4 Å². The van der Waals surface area contributed by atoms with Gasteiger partial charge in [0.2, 0.25) is 5.91 Å². The van der Waals surface area contributed by atoms with Crippen LogP contribution in [-0.2, 0) is 15.0 Å². The van der Waals surface area contributed by atoms with Crippen molar-refractivity contribution in [1.29, 1.82) is 5.26 Å². The molecule has 1 N–H and O–H groups in total. The molecule has 1 saturated carbocycles. The van der Waals surface area contributed by atoms with Gasteiger partial charge in [0.05, 0.1) is 17.2 Å². The molecule has 5 heterocycles. The number of carbonyl (C=O) groups is 2. The lowest BCUT2D eigenvalue weighted by Gasteiger charge is -2.44. The van der Waals surface area contributed by atoms with E-state index >= 15 is 0 Å². The van der Waals surface area contributed by atoms with E-state index in [-0.39, 0.29) is 17.7 Å². The van der Waals surface area contributed by atoms with E-state index in [0.29, 0.717) is 29.8 Å². The van der Waals surface area contributed by atoms with Gasteiger partial charge in [-0.3, -0.25) is 14.9 Å². The summed E-state index contributed by atoms with van der Waals surface area (Å²) in [4.78, 5) is 43.1. The number of amides is 2. The van der Waals surface area contributed by atoms with Gasteiger partial charge >= 0.3 is 0 Å². The third-order valence-corrected chi connectivity index (χ3v) is 12.3. The first-order valence-electron chi connectivity index (χ1n) is 19.6. The predicted octanol–water partition coefficient (Wildman–Crippen LogP) is 6.52. The minimum Gasteiger partial charge on any atom is -0.371 e. The number of aromatic nitrogens is 1. The van der Waals surface area contributed by atoms with Crippen molar-refractivity contribution < 1.29 is 23.8 Å². The Morgan fingerprint density at radius 3 is 2.38 bits per heavy atom. The Bertz CT molecular complexity index is 2140. The summed E-state index contributed by atoms with van der Waals surface area (Å²) >= 11 is 0. The van der Waals surface area contributed by atoms with E-state index in [1.165, 1.54) is 16.5 Å². The number of fused-ring (bicyclic) bond motifs is 1. The standard InChI is InChI=1S/C43H47N7O5/c1-27-4-5-32(41-28(2)46-53-29(41)3)20-37(27)49(34-8-6-33(7-9-34)43(26-44)16-17-43)25-30-14-18-47(19-15-30)22-31-23-48(24-31)35-10-12-38-39(21-35)55-50(54-38)36-11-13-40(51)45-42(36)52/h4-10,12,20-21,30-31,36H,11,13-19,22-25H2,1-3H3,(H,45,51,52). The largest absolute Gasteiger partial charge is 0.371 e. The number of hydrogen-bond acceptors (Lipinski definition) is 11. The van der Waals surface area contributed by atoms with Crippen molar-refractivity contribution in [2.75, 3.05) is 49.1 Å². The van der Waals surface area contributed by atoms with Crippen molar-refractivity contribution in [3.63, 3.8) is 0 Å². The zero-order valence-electron chi connectivity index (χ0n) is 31.7. The number of hydroxylamine groups is 2. The minimum absolute atomic E-state index is 0.256. The van der Waals surface area contributed by atoms with Gasteiger partial charge in [0.25, 0.3) is 5.91 Å². The molecule has 12 nitrogen and oxygen atoms in total. The van der Waals surface area contributed by atoms with Crippen LogP contribution in [0.4, 0.5) is 17.1 Å². The second-order valence-corrected chi connectivity index (χ2v) is 16.1. The van der Waals surface area contributed by atoms with Crippen LogP contribution >= 0.6 is 0 Å². The van der Waals surface area contributed by atoms with Crippen LogP contribution in [0, 0.1) is 43.9 Å². The molecule has 0 spiro atoms. The molecule has 0 bridgehead atoms. The zero-order chi connectivity index (χ0) is 37.8. The van der Waals surface area contributed by atoms with Crippen LogP contribution in [0.25, 0.3) is 11.1 Å². The van der Waals surface area contributed by atoms with Crippen LogP contribution in [0.2, 0.25) is 0 Å². The van der Waals surface area contributed by atoms with Gasteiger partial charge in [0.1, 0.15) is 5.76 Å². The molecule has 3 saturated heterocycles. The zero-order valence-corrected chi connectivity index (χ0v) is 31.7. The lowest BCUT2D eigenvalue weighted by molar-refractivity contribution is -0.252. The fourth-order valence-electron chi connectivity index (χ4n) is 8.78. The number of nitrogens with one attached hydrogen (secondary N) is 1. The highest BCUT2D eigenvalue weighted by molar-refractivity contribution is 6.00. The topological polar surface area (TPSA) is 127 Å².